The fourth-order valence-corrected chi connectivity index (χ4v) is 4.44. The van der Waals surface area contributed by atoms with Gasteiger partial charge in [-0.2, -0.15) is 10.4 Å². The largest absolute Gasteiger partial charge is 0.465 e. The van der Waals surface area contributed by atoms with E-state index in [2.05, 4.69) is 23.4 Å². The molecule has 1 unspecified atom stereocenters. The second-order valence-corrected chi connectivity index (χ2v) is 8.94. The van der Waals surface area contributed by atoms with E-state index < -0.39 is 35.8 Å². The lowest BCUT2D eigenvalue weighted by Gasteiger charge is -2.42. The van der Waals surface area contributed by atoms with Gasteiger partial charge in [-0.15, -0.1) is 0 Å². The molecule has 1 aliphatic carbocycles. The number of carbonyl (C=O) groups excluding carboxylic acids is 1. The highest BCUT2D eigenvalue weighted by Crippen LogP contribution is 2.52. The maximum Gasteiger partial charge on any atom is 0.407 e. The molecule has 0 radical (unpaired) electrons. The third-order valence-corrected chi connectivity index (χ3v) is 6.54. The number of carbonyl (C=O) groups is 2. The molecule has 0 spiro atoms. The number of carboxylic acid groups (broad SMARTS) is 1. The van der Waals surface area contributed by atoms with Crippen molar-refractivity contribution in [1.82, 2.24) is 14.7 Å². The molecule has 10 heteroatoms. The quantitative estimate of drug-likeness (QED) is 0.629. The van der Waals surface area contributed by atoms with Crippen LogP contribution in [-0.2, 0) is 0 Å². The minimum atomic E-state index is -1.03. The molecule has 9 nitrogen and oxygen atoms in total. The summed E-state index contributed by atoms with van der Waals surface area (Å²) in [6.07, 6.45) is 3.48. The van der Waals surface area contributed by atoms with Crippen LogP contribution < -0.4 is 11.1 Å². The summed E-state index contributed by atoms with van der Waals surface area (Å²) >= 11 is 0. The zero-order chi connectivity index (χ0) is 23.0. The Balaban J connectivity index is 1.65. The first kappa shape index (κ1) is 21.6. The summed E-state index contributed by atoms with van der Waals surface area (Å²) in [7, 11) is 0. The molecule has 1 aromatic carbocycles. The van der Waals surface area contributed by atoms with Crippen LogP contribution in [0.25, 0.3) is 0 Å². The number of hydrogen-bond donors (Lipinski definition) is 3. The van der Waals surface area contributed by atoms with Crippen LogP contribution in [0.2, 0.25) is 0 Å². The Kier molecular flexibility index (Phi) is 5.50. The minimum absolute atomic E-state index is 0.0488. The molecular weight excluding hydrogens is 415 g/mol. The van der Waals surface area contributed by atoms with Gasteiger partial charge >= 0.3 is 6.09 Å². The van der Waals surface area contributed by atoms with Gasteiger partial charge in [0.25, 0.3) is 5.91 Å². The fourth-order valence-electron chi connectivity index (χ4n) is 4.44. The Hall–Kier alpha value is -3.61. The first-order chi connectivity index (χ1) is 15.2. The highest BCUT2D eigenvalue weighted by atomic mass is 19.1. The number of aromatic nitrogens is 2. The standard InChI is InChI=1S/C22H25FN6O3/c1-22(7-8-22)10-18-15(11-24)17(6-9-28(18)21(31)32)29-12-16(19(25)30)20(27-29)26-14-4-2-13(23)3-5-14/h2-5,12,15,17-18H,6-10H2,1H3,(H2,25,30)(H,26,27)(H,31,32)/t15-,17-,18?/m1/s1. The van der Waals surface area contributed by atoms with Crippen LogP contribution >= 0.6 is 0 Å². The number of amides is 2. The van der Waals surface area contributed by atoms with Crippen LogP contribution in [0.4, 0.5) is 20.7 Å². The average Bonchev–Trinajstić information content (AvgIpc) is 3.32. The molecule has 2 fully saturated rings. The average molecular weight is 440 g/mol. The van der Waals surface area contributed by atoms with Crippen LogP contribution in [0.1, 0.15) is 49.0 Å². The highest BCUT2D eigenvalue weighted by molar-refractivity contribution is 5.98. The molecule has 1 aliphatic heterocycles. The molecule has 2 amide bonds. The van der Waals surface area contributed by atoms with Crippen LogP contribution in [0.3, 0.4) is 0 Å². The van der Waals surface area contributed by atoms with Crippen LogP contribution in [0.15, 0.2) is 30.5 Å². The Morgan fingerprint density at radius 1 is 1.38 bits per heavy atom. The number of benzene rings is 1. The number of halogens is 1. The molecule has 2 aliphatic rings. The van der Waals surface area contributed by atoms with Crippen molar-refractivity contribution in [1.29, 1.82) is 5.26 Å². The van der Waals surface area contributed by atoms with E-state index in [-0.39, 0.29) is 23.3 Å². The molecule has 3 atom stereocenters. The number of nitrogens with zero attached hydrogens (tertiary/aromatic N) is 4. The number of piperidine rings is 1. The molecule has 1 saturated carbocycles. The van der Waals surface area contributed by atoms with Crippen molar-refractivity contribution in [2.24, 2.45) is 17.1 Å². The van der Waals surface area contributed by atoms with Crippen molar-refractivity contribution in [2.45, 2.75) is 44.7 Å². The first-order valence-electron chi connectivity index (χ1n) is 10.5. The predicted molar refractivity (Wildman–Crippen MR) is 114 cm³/mol. The first-order valence-corrected chi connectivity index (χ1v) is 10.5. The molecule has 2 aromatic rings. The molecular formula is C22H25FN6O3. The normalized spacial score (nSPS) is 23.9. The van der Waals surface area contributed by atoms with Gasteiger partial charge in [-0.25, -0.2) is 9.18 Å². The fraction of sp³-hybridized carbons (Fsp3) is 0.455. The van der Waals surface area contributed by atoms with E-state index in [0.29, 0.717) is 18.5 Å². The molecule has 1 aromatic heterocycles. The summed E-state index contributed by atoms with van der Waals surface area (Å²) in [6.45, 7) is 2.38. The summed E-state index contributed by atoms with van der Waals surface area (Å²) in [5.74, 6) is -1.52. The third-order valence-electron chi connectivity index (χ3n) is 6.54. The highest BCUT2D eigenvalue weighted by Gasteiger charge is 2.48. The molecule has 1 saturated heterocycles. The van der Waals surface area contributed by atoms with Crippen molar-refractivity contribution in [2.75, 3.05) is 11.9 Å². The van der Waals surface area contributed by atoms with Gasteiger partial charge in [0, 0.05) is 18.4 Å². The zero-order valence-electron chi connectivity index (χ0n) is 17.7. The summed E-state index contributed by atoms with van der Waals surface area (Å²) in [5.41, 5.74) is 6.25. The van der Waals surface area contributed by atoms with Crippen molar-refractivity contribution in [3.63, 3.8) is 0 Å². The zero-order valence-corrected chi connectivity index (χ0v) is 17.7. The third kappa shape index (κ3) is 4.23. The number of nitrogens with two attached hydrogens (primary N) is 1. The lowest BCUT2D eigenvalue weighted by Crippen LogP contribution is -2.52. The van der Waals surface area contributed by atoms with Crippen LogP contribution in [0.5, 0.6) is 0 Å². The number of nitriles is 1. The van der Waals surface area contributed by atoms with E-state index >= 15 is 0 Å². The summed E-state index contributed by atoms with van der Waals surface area (Å²) in [5, 5.41) is 27.2. The molecule has 168 valence electrons. The van der Waals surface area contributed by atoms with Gasteiger partial charge in [0.05, 0.1) is 24.1 Å². The number of hydrogen-bond acceptors (Lipinski definition) is 5. The lowest BCUT2D eigenvalue weighted by molar-refractivity contribution is 0.0547. The maximum absolute atomic E-state index is 13.2. The monoisotopic (exact) mass is 440 g/mol. The van der Waals surface area contributed by atoms with E-state index in [1.54, 1.807) is 4.68 Å². The van der Waals surface area contributed by atoms with E-state index in [1.807, 2.05) is 0 Å². The van der Waals surface area contributed by atoms with Crippen LogP contribution in [0, 0.1) is 28.5 Å². The molecule has 4 N–H and O–H groups in total. The number of rotatable bonds is 6. The van der Waals surface area contributed by atoms with Crippen molar-refractivity contribution in [3.05, 3.63) is 41.8 Å². The van der Waals surface area contributed by atoms with E-state index in [4.69, 9.17) is 5.73 Å². The SMILES string of the molecule is CC1(CC2[C@H](C#N)[C@H](n3cc(C(N)=O)c(Nc4ccc(F)cc4)n3)CCN2C(=O)O)CC1. The van der Waals surface area contributed by atoms with E-state index in [0.717, 1.165) is 12.8 Å². The van der Waals surface area contributed by atoms with Crippen molar-refractivity contribution < 1.29 is 19.1 Å². The summed E-state index contributed by atoms with van der Waals surface area (Å²) < 4.78 is 14.8. The van der Waals surface area contributed by atoms with Gasteiger partial charge in [0.2, 0.25) is 0 Å². The Bertz CT molecular complexity index is 1070. The second kappa shape index (κ2) is 8.15. The van der Waals surface area contributed by atoms with Crippen molar-refractivity contribution >= 4 is 23.5 Å². The van der Waals surface area contributed by atoms with Gasteiger partial charge in [-0.1, -0.05) is 6.92 Å². The molecule has 2 heterocycles. The number of likely N-dealkylation sites (tertiary alicyclic amines) is 1. The van der Waals surface area contributed by atoms with Gasteiger partial charge in [-0.3, -0.25) is 9.48 Å². The Morgan fingerprint density at radius 2 is 2.06 bits per heavy atom. The Morgan fingerprint density at radius 3 is 2.62 bits per heavy atom. The minimum Gasteiger partial charge on any atom is -0.465 e. The van der Waals surface area contributed by atoms with E-state index in [9.17, 15) is 24.3 Å². The number of nitrogens with one attached hydrogen (secondary N) is 1. The van der Waals surface area contributed by atoms with Crippen molar-refractivity contribution in [3.8, 4) is 6.07 Å². The molecule has 4 rings (SSSR count). The molecule has 0 bridgehead atoms. The van der Waals surface area contributed by atoms with Gasteiger partial charge in [0.15, 0.2) is 5.82 Å². The Labute approximate surface area is 184 Å². The second-order valence-electron chi connectivity index (χ2n) is 8.94. The lowest BCUT2D eigenvalue weighted by atomic mass is 9.80. The summed E-state index contributed by atoms with van der Waals surface area (Å²) in [6, 6.07) is 7.01. The number of primary amides is 1. The van der Waals surface area contributed by atoms with Gasteiger partial charge in [0.1, 0.15) is 11.4 Å². The number of anilines is 2. The topological polar surface area (TPSA) is 137 Å². The van der Waals surface area contributed by atoms with Gasteiger partial charge < -0.3 is 21.1 Å². The maximum atomic E-state index is 13.2. The summed E-state index contributed by atoms with van der Waals surface area (Å²) in [4.78, 5) is 25.2. The predicted octanol–water partition coefficient (Wildman–Crippen LogP) is 3.49. The van der Waals surface area contributed by atoms with Gasteiger partial charge in [-0.05, 0) is 55.4 Å². The molecule has 32 heavy (non-hydrogen) atoms. The van der Waals surface area contributed by atoms with Crippen LogP contribution in [-0.4, -0.2) is 44.4 Å². The van der Waals surface area contributed by atoms with E-state index in [1.165, 1.54) is 35.4 Å². The smallest absolute Gasteiger partial charge is 0.407 e.